The fourth-order valence-electron chi connectivity index (χ4n) is 2.57. The monoisotopic (exact) mass is 344 g/mol. The molecule has 2 heterocycles. The smallest absolute Gasteiger partial charge is 0.317 e. The normalized spacial score (nSPS) is 13.6. The minimum atomic E-state index is -0.340. The summed E-state index contributed by atoms with van der Waals surface area (Å²) in [5.74, 6) is 0.609. The number of nitrogens with one attached hydrogen (secondary N) is 2. The first-order valence-electron chi connectivity index (χ1n) is 8.05. The molecule has 3 amide bonds. The van der Waals surface area contributed by atoms with Crippen LogP contribution in [0.2, 0.25) is 0 Å². The highest BCUT2D eigenvalue weighted by Crippen LogP contribution is 2.15. The molecule has 0 spiro atoms. The van der Waals surface area contributed by atoms with Gasteiger partial charge in [0.1, 0.15) is 5.75 Å². The lowest BCUT2D eigenvalue weighted by molar-refractivity contribution is 0.0913. The van der Waals surface area contributed by atoms with Gasteiger partial charge in [-0.3, -0.25) is 4.79 Å². The number of hydrogen-bond donors (Lipinski definition) is 2. The fourth-order valence-corrected chi connectivity index (χ4v) is 2.57. The van der Waals surface area contributed by atoms with Crippen molar-refractivity contribution >= 4 is 11.9 Å². The summed E-state index contributed by atoms with van der Waals surface area (Å²) in [7, 11) is 1.62. The van der Waals surface area contributed by atoms with Crippen LogP contribution in [0, 0.1) is 0 Å². The van der Waals surface area contributed by atoms with E-state index in [2.05, 4.69) is 15.8 Å². The summed E-state index contributed by atoms with van der Waals surface area (Å²) >= 11 is 0. The predicted octanol–water partition coefficient (Wildman–Crippen LogP) is 1.03. The van der Waals surface area contributed by atoms with Crippen LogP contribution >= 0.6 is 0 Å². The number of ether oxygens (including phenoxy) is 1. The van der Waals surface area contributed by atoms with Crippen molar-refractivity contribution in [2.24, 2.45) is 0 Å². The van der Waals surface area contributed by atoms with Crippen molar-refractivity contribution in [3.63, 3.8) is 0 Å². The second kappa shape index (κ2) is 7.69. The molecule has 0 bridgehead atoms. The average Bonchev–Trinajstić information content (AvgIpc) is 3.25. The zero-order valence-electron chi connectivity index (χ0n) is 13.9. The van der Waals surface area contributed by atoms with E-state index in [9.17, 15) is 9.59 Å². The number of methoxy groups -OCH3 is 1. The first-order chi connectivity index (χ1) is 12.2. The van der Waals surface area contributed by atoms with Crippen molar-refractivity contribution < 1.29 is 18.8 Å². The number of benzene rings is 1. The largest absolute Gasteiger partial charge is 0.497 e. The average molecular weight is 344 g/mol. The van der Waals surface area contributed by atoms with Gasteiger partial charge in [0.25, 0.3) is 5.91 Å². The highest BCUT2D eigenvalue weighted by molar-refractivity contribution is 5.91. The number of carbonyl (C=O) groups excluding carboxylic acids is 2. The Bertz CT molecular complexity index is 741. The molecule has 1 aliphatic rings. The molecule has 25 heavy (non-hydrogen) atoms. The van der Waals surface area contributed by atoms with E-state index < -0.39 is 0 Å². The number of hydrogen-bond acceptors (Lipinski definition) is 5. The molecule has 1 aromatic carbocycles. The lowest BCUT2D eigenvalue weighted by Crippen LogP contribution is -2.36. The van der Waals surface area contributed by atoms with Gasteiger partial charge in [-0.15, -0.1) is 0 Å². The standard InChI is InChI=1S/C17H20N4O4/c1-24-14-4-2-12(3-5-14)10-13-11-15(25-20-13)16(22)18-6-8-21-9-7-19-17(21)23/h2-5,11H,6-10H2,1H3,(H,18,22)(H,19,23). The van der Waals surface area contributed by atoms with E-state index in [-0.39, 0.29) is 17.7 Å². The Morgan fingerprint density at radius 3 is 2.88 bits per heavy atom. The van der Waals surface area contributed by atoms with Gasteiger partial charge in [0.05, 0.1) is 12.8 Å². The third-order valence-electron chi connectivity index (χ3n) is 3.94. The molecule has 0 radical (unpaired) electrons. The molecule has 1 saturated heterocycles. The van der Waals surface area contributed by atoms with Crippen LogP contribution in [0.5, 0.6) is 5.75 Å². The molecular weight excluding hydrogens is 324 g/mol. The maximum absolute atomic E-state index is 12.1. The van der Waals surface area contributed by atoms with Crippen LogP contribution in [0.3, 0.4) is 0 Å². The Labute approximate surface area is 145 Å². The molecule has 1 fully saturated rings. The van der Waals surface area contributed by atoms with Crippen molar-refractivity contribution in [2.45, 2.75) is 6.42 Å². The van der Waals surface area contributed by atoms with Crippen molar-refractivity contribution in [1.82, 2.24) is 20.7 Å². The van der Waals surface area contributed by atoms with Crippen LogP contribution in [0.4, 0.5) is 4.79 Å². The van der Waals surface area contributed by atoms with Gasteiger partial charge in [0, 0.05) is 38.7 Å². The van der Waals surface area contributed by atoms with Crippen LogP contribution < -0.4 is 15.4 Å². The molecule has 8 heteroatoms. The van der Waals surface area contributed by atoms with Crippen molar-refractivity contribution in [1.29, 1.82) is 0 Å². The Hall–Kier alpha value is -3.03. The predicted molar refractivity (Wildman–Crippen MR) is 89.6 cm³/mol. The van der Waals surface area contributed by atoms with Crippen LogP contribution in [0.15, 0.2) is 34.9 Å². The molecule has 2 N–H and O–H groups in total. The molecular formula is C17H20N4O4. The Morgan fingerprint density at radius 1 is 1.40 bits per heavy atom. The molecule has 0 atom stereocenters. The Balaban J connectivity index is 1.49. The zero-order chi connectivity index (χ0) is 17.6. The van der Waals surface area contributed by atoms with Crippen LogP contribution in [-0.2, 0) is 6.42 Å². The molecule has 8 nitrogen and oxygen atoms in total. The van der Waals surface area contributed by atoms with Crippen molar-refractivity contribution in [3.05, 3.63) is 47.3 Å². The maximum Gasteiger partial charge on any atom is 0.317 e. The number of amides is 3. The molecule has 1 aromatic heterocycles. The van der Waals surface area contributed by atoms with E-state index in [1.807, 2.05) is 24.3 Å². The van der Waals surface area contributed by atoms with Gasteiger partial charge in [0.15, 0.2) is 0 Å². The molecule has 132 valence electrons. The van der Waals surface area contributed by atoms with Gasteiger partial charge in [-0.25, -0.2) is 4.79 Å². The second-order valence-electron chi connectivity index (χ2n) is 5.68. The van der Waals surface area contributed by atoms with Gasteiger partial charge in [-0.2, -0.15) is 0 Å². The summed E-state index contributed by atoms with van der Waals surface area (Å²) in [6.45, 7) is 2.12. The number of rotatable bonds is 7. The highest BCUT2D eigenvalue weighted by atomic mass is 16.5. The second-order valence-corrected chi connectivity index (χ2v) is 5.68. The maximum atomic E-state index is 12.1. The number of carbonyl (C=O) groups is 2. The van der Waals surface area contributed by atoms with Gasteiger partial charge < -0.3 is 24.8 Å². The number of aromatic nitrogens is 1. The highest BCUT2D eigenvalue weighted by Gasteiger charge is 2.19. The third-order valence-corrected chi connectivity index (χ3v) is 3.94. The first kappa shape index (κ1) is 16.8. The molecule has 0 aliphatic carbocycles. The lowest BCUT2D eigenvalue weighted by Gasteiger charge is -2.13. The van der Waals surface area contributed by atoms with Gasteiger partial charge >= 0.3 is 6.03 Å². The van der Waals surface area contributed by atoms with E-state index in [4.69, 9.17) is 9.26 Å². The Morgan fingerprint density at radius 2 is 2.20 bits per heavy atom. The van der Waals surface area contributed by atoms with Crippen molar-refractivity contribution in [2.75, 3.05) is 33.3 Å². The fraction of sp³-hybridized carbons (Fsp3) is 0.353. The molecule has 0 unspecified atom stereocenters. The summed E-state index contributed by atoms with van der Waals surface area (Å²) in [4.78, 5) is 25.1. The zero-order valence-corrected chi connectivity index (χ0v) is 13.9. The quantitative estimate of drug-likeness (QED) is 0.782. The van der Waals surface area contributed by atoms with Gasteiger partial charge in [-0.05, 0) is 17.7 Å². The topological polar surface area (TPSA) is 96.7 Å². The number of urea groups is 1. The van der Waals surface area contributed by atoms with E-state index in [0.717, 1.165) is 11.3 Å². The summed E-state index contributed by atoms with van der Waals surface area (Å²) in [6.07, 6.45) is 0.564. The Kier molecular flexibility index (Phi) is 5.17. The van der Waals surface area contributed by atoms with Gasteiger partial charge in [-0.1, -0.05) is 17.3 Å². The SMILES string of the molecule is COc1ccc(Cc2cc(C(=O)NCCN3CCNC3=O)on2)cc1. The first-order valence-corrected chi connectivity index (χ1v) is 8.05. The summed E-state index contributed by atoms with van der Waals surface area (Å²) in [5.41, 5.74) is 1.72. The molecule has 1 aliphatic heterocycles. The van der Waals surface area contributed by atoms with Gasteiger partial charge in [0.2, 0.25) is 5.76 Å². The summed E-state index contributed by atoms with van der Waals surface area (Å²) < 4.78 is 10.2. The van der Waals surface area contributed by atoms with E-state index >= 15 is 0 Å². The lowest BCUT2D eigenvalue weighted by atomic mass is 10.1. The van der Waals surface area contributed by atoms with E-state index in [0.29, 0.717) is 38.3 Å². The minimum absolute atomic E-state index is 0.101. The summed E-state index contributed by atoms with van der Waals surface area (Å²) in [5, 5.41) is 9.37. The van der Waals surface area contributed by atoms with Crippen LogP contribution in [0.1, 0.15) is 21.8 Å². The summed E-state index contributed by atoms with van der Waals surface area (Å²) in [6, 6.07) is 9.15. The minimum Gasteiger partial charge on any atom is -0.497 e. The number of nitrogens with zero attached hydrogens (tertiary/aromatic N) is 2. The third kappa shape index (κ3) is 4.28. The van der Waals surface area contributed by atoms with E-state index in [1.165, 1.54) is 0 Å². The van der Waals surface area contributed by atoms with E-state index in [1.54, 1.807) is 18.1 Å². The molecule has 3 rings (SSSR count). The molecule has 2 aromatic rings. The van der Waals surface area contributed by atoms with Crippen LogP contribution in [0.25, 0.3) is 0 Å². The molecule has 0 saturated carbocycles. The van der Waals surface area contributed by atoms with Crippen molar-refractivity contribution in [3.8, 4) is 5.75 Å². The van der Waals surface area contributed by atoms with Crippen LogP contribution in [-0.4, -0.2) is 55.3 Å².